The number of hydrogen-bond acceptors (Lipinski definition) is 6. The highest BCUT2D eigenvalue weighted by molar-refractivity contribution is 7.09. The van der Waals surface area contributed by atoms with Gasteiger partial charge in [-0.05, 0) is 29.8 Å². The molecule has 0 aliphatic carbocycles. The maximum atomic E-state index is 13.2. The van der Waals surface area contributed by atoms with E-state index in [0.717, 1.165) is 16.8 Å². The van der Waals surface area contributed by atoms with Crippen LogP contribution < -0.4 is 16.2 Å². The van der Waals surface area contributed by atoms with Gasteiger partial charge in [0.2, 0.25) is 5.91 Å². The molecule has 126 valence electrons. The van der Waals surface area contributed by atoms with Crippen molar-refractivity contribution in [3.63, 3.8) is 0 Å². The molecule has 8 heteroatoms. The van der Waals surface area contributed by atoms with E-state index in [1.54, 1.807) is 10.4 Å². The van der Waals surface area contributed by atoms with E-state index in [1.807, 2.05) is 42.5 Å². The zero-order chi connectivity index (χ0) is 17.4. The molecule has 0 radical (unpaired) electrons. The molecule has 4 rings (SSSR count). The molecule has 1 aliphatic heterocycles. The Bertz CT molecular complexity index is 931. The van der Waals surface area contributed by atoms with Gasteiger partial charge in [0.05, 0.1) is 17.9 Å². The molecule has 0 bridgehead atoms. The lowest BCUT2D eigenvalue weighted by atomic mass is 9.99. The summed E-state index contributed by atoms with van der Waals surface area (Å²) in [5.41, 5.74) is 7.63. The van der Waals surface area contributed by atoms with Gasteiger partial charge in [0.1, 0.15) is 16.4 Å². The second-order valence-electron chi connectivity index (χ2n) is 5.65. The Hall–Kier alpha value is -2.48. The molecule has 3 N–H and O–H groups in total. The van der Waals surface area contributed by atoms with Crippen molar-refractivity contribution >= 4 is 40.2 Å². The maximum absolute atomic E-state index is 13.2. The Morgan fingerprint density at radius 2 is 2.12 bits per heavy atom. The molecule has 1 atom stereocenters. The van der Waals surface area contributed by atoms with E-state index in [4.69, 9.17) is 17.4 Å². The van der Waals surface area contributed by atoms with Gasteiger partial charge in [-0.1, -0.05) is 29.8 Å². The Labute approximate surface area is 153 Å². The number of aromatic nitrogens is 2. The number of nitrogens with one attached hydrogen (secondary N) is 1. The van der Waals surface area contributed by atoms with E-state index in [0.29, 0.717) is 22.3 Å². The normalized spacial score (nSPS) is 16.2. The summed E-state index contributed by atoms with van der Waals surface area (Å²) in [6.45, 7) is 0.426. The first kappa shape index (κ1) is 16.0. The number of nitrogen functional groups attached to an aromatic ring is 1. The van der Waals surface area contributed by atoms with Gasteiger partial charge >= 0.3 is 0 Å². The molecule has 1 amide bonds. The van der Waals surface area contributed by atoms with Crippen LogP contribution in [0.3, 0.4) is 0 Å². The average Bonchev–Trinajstić information content (AvgIpc) is 3.22. The largest absolute Gasteiger partial charge is 0.324 e. The summed E-state index contributed by atoms with van der Waals surface area (Å²) >= 11 is 7.44. The number of amides is 1. The summed E-state index contributed by atoms with van der Waals surface area (Å²) in [5.74, 6) is 5.12. The molecule has 2 aromatic carbocycles. The summed E-state index contributed by atoms with van der Waals surface area (Å²) in [6, 6.07) is 13.1. The molecular weight excluding hydrogens is 358 g/mol. The topological polar surface area (TPSA) is 84.1 Å². The third-order valence-corrected chi connectivity index (χ3v) is 5.18. The number of anilines is 2. The Morgan fingerprint density at radius 3 is 2.84 bits per heavy atom. The zero-order valence-electron chi connectivity index (χ0n) is 13.0. The SMILES string of the molecule is NNc1cccc2c1C(c1nncs1)C(=O)N2Cc1cccc(Cl)c1. The summed E-state index contributed by atoms with van der Waals surface area (Å²) in [7, 11) is 0. The second-order valence-corrected chi connectivity index (χ2v) is 6.95. The summed E-state index contributed by atoms with van der Waals surface area (Å²) in [6.07, 6.45) is 0. The standard InChI is InChI=1S/C17H14ClN5OS/c18-11-4-1-3-10(7-11)8-23-13-6-2-5-12(21-19)14(13)15(17(23)24)16-22-20-9-25-16/h1-7,9,15,21H,8,19H2. The van der Waals surface area contributed by atoms with Crippen molar-refractivity contribution in [1.29, 1.82) is 0 Å². The van der Waals surface area contributed by atoms with E-state index in [-0.39, 0.29) is 5.91 Å². The number of hydrogen-bond donors (Lipinski definition) is 2. The smallest absolute Gasteiger partial charge is 0.242 e. The number of fused-ring (bicyclic) bond motifs is 1. The first-order valence-corrected chi connectivity index (χ1v) is 8.86. The number of nitrogens with zero attached hydrogens (tertiary/aromatic N) is 3. The molecule has 0 fully saturated rings. The summed E-state index contributed by atoms with van der Waals surface area (Å²) < 4.78 is 0. The molecule has 3 aromatic rings. The molecule has 0 saturated heterocycles. The lowest BCUT2D eigenvalue weighted by Gasteiger charge is -2.18. The molecule has 0 spiro atoms. The summed E-state index contributed by atoms with van der Waals surface area (Å²) in [5, 5.41) is 9.29. The van der Waals surface area contributed by atoms with Crippen LogP contribution in [0.1, 0.15) is 22.1 Å². The minimum atomic E-state index is -0.506. The Balaban J connectivity index is 1.81. The fraction of sp³-hybridized carbons (Fsp3) is 0.118. The van der Waals surface area contributed by atoms with Gasteiger partial charge in [-0.3, -0.25) is 10.6 Å². The highest BCUT2D eigenvalue weighted by atomic mass is 35.5. The van der Waals surface area contributed by atoms with Crippen LogP contribution in [-0.4, -0.2) is 16.1 Å². The number of hydrazine groups is 1. The van der Waals surface area contributed by atoms with Crippen molar-refractivity contribution in [3.8, 4) is 0 Å². The minimum Gasteiger partial charge on any atom is -0.324 e. The van der Waals surface area contributed by atoms with Gasteiger partial charge in [0, 0.05) is 10.6 Å². The molecule has 6 nitrogen and oxygen atoms in total. The van der Waals surface area contributed by atoms with Crippen LogP contribution in [-0.2, 0) is 11.3 Å². The van der Waals surface area contributed by atoms with E-state index < -0.39 is 5.92 Å². The zero-order valence-corrected chi connectivity index (χ0v) is 14.6. The van der Waals surface area contributed by atoms with E-state index in [2.05, 4.69) is 15.6 Å². The van der Waals surface area contributed by atoms with Crippen molar-refractivity contribution in [2.75, 3.05) is 10.3 Å². The van der Waals surface area contributed by atoms with Crippen LogP contribution in [0.2, 0.25) is 5.02 Å². The van der Waals surface area contributed by atoms with Crippen LogP contribution >= 0.6 is 22.9 Å². The van der Waals surface area contributed by atoms with Gasteiger partial charge in [0.25, 0.3) is 0 Å². The first-order chi connectivity index (χ1) is 12.2. The minimum absolute atomic E-state index is 0.0468. The molecule has 2 heterocycles. The second kappa shape index (κ2) is 6.44. The number of halogens is 1. The molecule has 25 heavy (non-hydrogen) atoms. The van der Waals surface area contributed by atoms with Crippen molar-refractivity contribution in [1.82, 2.24) is 10.2 Å². The van der Waals surface area contributed by atoms with Crippen molar-refractivity contribution in [3.05, 3.63) is 69.1 Å². The van der Waals surface area contributed by atoms with E-state index in [9.17, 15) is 4.79 Å². The van der Waals surface area contributed by atoms with Gasteiger partial charge in [-0.2, -0.15) is 0 Å². The predicted molar refractivity (Wildman–Crippen MR) is 98.6 cm³/mol. The number of benzene rings is 2. The third kappa shape index (κ3) is 2.76. The quantitative estimate of drug-likeness (QED) is 0.543. The van der Waals surface area contributed by atoms with Gasteiger partial charge in [-0.15, -0.1) is 21.5 Å². The lowest BCUT2D eigenvalue weighted by Crippen LogP contribution is -2.28. The van der Waals surface area contributed by atoms with E-state index >= 15 is 0 Å². The van der Waals surface area contributed by atoms with Crippen LogP contribution in [0.15, 0.2) is 48.0 Å². The number of nitrogens with two attached hydrogens (primary N) is 1. The highest BCUT2D eigenvalue weighted by Gasteiger charge is 2.41. The fourth-order valence-corrected chi connectivity index (χ4v) is 4.00. The highest BCUT2D eigenvalue weighted by Crippen LogP contribution is 2.45. The summed E-state index contributed by atoms with van der Waals surface area (Å²) in [4.78, 5) is 14.9. The van der Waals surface area contributed by atoms with Crippen molar-refractivity contribution in [2.45, 2.75) is 12.5 Å². The van der Waals surface area contributed by atoms with Gasteiger partial charge in [-0.25, -0.2) is 0 Å². The first-order valence-electron chi connectivity index (χ1n) is 7.60. The van der Waals surface area contributed by atoms with Crippen LogP contribution in [0.5, 0.6) is 0 Å². The third-order valence-electron chi connectivity index (χ3n) is 4.18. The lowest BCUT2D eigenvalue weighted by molar-refractivity contribution is -0.118. The van der Waals surface area contributed by atoms with Crippen molar-refractivity contribution in [2.24, 2.45) is 5.84 Å². The predicted octanol–water partition coefficient (Wildman–Crippen LogP) is 3.16. The molecular formula is C17H14ClN5OS. The van der Waals surface area contributed by atoms with Gasteiger partial charge in [0.15, 0.2) is 0 Å². The maximum Gasteiger partial charge on any atom is 0.242 e. The Kier molecular flexibility index (Phi) is 4.12. The number of carbonyl (C=O) groups is 1. The molecule has 1 aliphatic rings. The molecule has 0 saturated carbocycles. The van der Waals surface area contributed by atoms with E-state index in [1.165, 1.54) is 11.3 Å². The molecule has 1 aromatic heterocycles. The van der Waals surface area contributed by atoms with Crippen LogP contribution in [0.4, 0.5) is 11.4 Å². The number of carbonyl (C=O) groups excluding carboxylic acids is 1. The van der Waals surface area contributed by atoms with Crippen molar-refractivity contribution < 1.29 is 4.79 Å². The van der Waals surface area contributed by atoms with Crippen LogP contribution in [0, 0.1) is 0 Å². The fourth-order valence-electron chi connectivity index (χ4n) is 3.13. The van der Waals surface area contributed by atoms with Gasteiger partial charge < -0.3 is 10.3 Å². The monoisotopic (exact) mass is 371 g/mol. The molecule has 1 unspecified atom stereocenters. The Morgan fingerprint density at radius 1 is 1.28 bits per heavy atom. The number of rotatable bonds is 4. The van der Waals surface area contributed by atoms with Crippen LogP contribution in [0.25, 0.3) is 0 Å². The average molecular weight is 372 g/mol.